The van der Waals surface area contributed by atoms with E-state index in [0.717, 1.165) is 25.7 Å². The van der Waals surface area contributed by atoms with Crippen molar-refractivity contribution in [3.05, 3.63) is 0 Å². The lowest BCUT2D eigenvalue weighted by Gasteiger charge is -2.29. The molecule has 4 N–H and O–H groups in total. The predicted molar refractivity (Wildman–Crippen MR) is 59.2 cm³/mol. The second-order valence-electron chi connectivity index (χ2n) is 4.68. The minimum absolute atomic E-state index is 0.00611. The molecule has 0 saturated heterocycles. The summed E-state index contributed by atoms with van der Waals surface area (Å²) in [5, 5.41) is 11.9. The fourth-order valence-corrected chi connectivity index (χ4v) is 2.10. The van der Waals surface area contributed by atoms with Gasteiger partial charge >= 0.3 is 0 Å². The molecule has 0 heterocycles. The molecule has 1 rings (SSSR count). The summed E-state index contributed by atoms with van der Waals surface area (Å²) < 4.78 is 0. The summed E-state index contributed by atoms with van der Waals surface area (Å²) in [6.45, 7) is 3.86. The molecule has 2 unspecified atom stereocenters. The van der Waals surface area contributed by atoms with Crippen LogP contribution in [0.25, 0.3) is 0 Å². The van der Waals surface area contributed by atoms with Gasteiger partial charge in [-0.05, 0) is 26.2 Å². The molecule has 1 saturated carbocycles. The second-order valence-corrected chi connectivity index (χ2v) is 4.68. The van der Waals surface area contributed by atoms with Crippen LogP contribution in [0, 0.1) is 5.41 Å². The molecule has 0 aromatic heterocycles. The van der Waals surface area contributed by atoms with Gasteiger partial charge in [0.15, 0.2) is 0 Å². The molecule has 1 aliphatic carbocycles. The van der Waals surface area contributed by atoms with Crippen LogP contribution in [0.5, 0.6) is 0 Å². The van der Waals surface area contributed by atoms with Gasteiger partial charge in [0.2, 0.25) is 5.91 Å². The van der Waals surface area contributed by atoms with E-state index < -0.39 is 5.41 Å². The molecule has 0 radical (unpaired) electrons. The first kappa shape index (κ1) is 12.5. The van der Waals surface area contributed by atoms with Crippen molar-refractivity contribution < 1.29 is 9.90 Å². The average molecular weight is 214 g/mol. The van der Waals surface area contributed by atoms with E-state index in [4.69, 9.17) is 10.8 Å². The maximum atomic E-state index is 12.0. The minimum atomic E-state index is -0.442. The summed E-state index contributed by atoms with van der Waals surface area (Å²) in [4.78, 5) is 12.0. The number of carbonyl (C=O) groups excluding carboxylic acids is 1. The van der Waals surface area contributed by atoms with Gasteiger partial charge in [-0.25, -0.2) is 0 Å². The van der Waals surface area contributed by atoms with Gasteiger partial charge in [0.1, 0.15) is 0 Å². The Bertz CT molecular complexity index is 229. The van der Waals surface area contributed by atoms with Crippen molar-refractivity contribution in [2.24, 2.45) is 11.1 Å². The summed E-state index contributed by atoms with van der Waals surface area (Å²) in [6.07, 6.45) is 3.52. The molecule has 4 heteroatoms. The minimum Gasteiger partial charge on any atom is -0.394 e. The molecule has 4 nitrogen and oxygen atoms in total. The molecular weight excluding hydrogens is 192 g/mol. The quantitative estimate of drug-likeness (QED) is 0.633. The van der Waals surface area contributed by atoms with Crippen LogP contribution < -0.4 is 11.1 Å². The maximum Gasteiger partial charge on any atom is 0.227 e. The van der Waals surface area contributed by atoms with E-state index in [1.54, 1.807) is 0 Å². The van der Waals surface area contributed by atoms with E-state index in [1.807, 2.05) is 13.8 Å². The van der Waals surface area contributed by atoms with Crippen LogP contribution in [0.3, 0.4) is 0 Å². The monoisotopic (exact) mass is 214 g/mol. The lowest BCUT2D eigenvalue weighted by Crippen LogP contribution is -2.50. The fourth-order valence-electron chi connectivity index (χ4n) is 2.10. The number of aliphatic hydroxyl groups is 1. The fraction of sp³-hybridized carbons (Fsp3) is 0.909. The summed E-state index contributed by atoms with van der Waals surface area (Å²) in [5.74, 6) is -0.00611. The molecule has 1 aliphatic rings. The predicted octanol–water partition coefficient (Wildman–Crippen LogP) is 0.391. The Labute approximate surface area is 91.2 Å². The number of rotatable bonds is 4. The third-order valence-electron chi connectivity index (χ3n) is 3.60. The van der Waals surface area contributed by atoms with Crippen LogP contribution in [-0.2, 0) is 4.79 Å². The highest BCUT2D eigenvalue weighted by Gasteiger charge is 2.43. The first-order chi connectivity index (χ1) is 7.04. The zero-order valence-electron chi connectivity index (χ0n) is 9.62. The van der Waals surface area contributed by atoms with Crippen LogP contribution in [0.2, 0.25) is 0 Å². The SMILES string of the molecule is CC[C@@H](CO)NC(=O)C1(C)CCCC1N. The van der Waals surface area contributed by atoms with Gasteiger partial charge in [0.25, 0.3) is 0 Å². The molecule has 3 atom stereocenters. The van der Waals surface area contributed by atoms with Gasteiger partial charge < -0.3 is 16.2 Å². The molecule has 1 amide bonds. The van der Waals surface area contributed by atoms with Crippen molar-refractivity contribution in [3.8, 4) is 0 Å². The highest BCUT2D eigenvalue weighted by atomic mass is 16.3. The van der Waals surface area contributed by atoms with Gasteiger partial charge in [-0.3, -0.25) is 4.79 Å². The molecule has 0 aliphatic heterocycles. The Balaban J connectivity index is 2.59. The highest BCUT2D eigenvalue weighted by molar-refractivity contribution is 5.83. The largest absolute Gasteiger partial charge is 0.394 e. The summed E-state index contributed by atoms with van der Waals surface area (Å²) >= 11 is 0. The van der Waals surface area contributed by atoms with E-state index >= 15 is 0 Å². The normalized spacial score (nSPS) is 32.7. The average Bonchev–Trinajstić information content (AvgIpc) is 2.57. The van der Waals surface area contributed by atoms with Crippen LogP contribution >= 0.6 is 0 Å². The van der Waals surface area contributed by atoms with Gasteiger partial charge in [-0.1, -0.05) is 13.3 Å². The van der Waals surface area contributed by atoms with E-state index in [2.05, 4.69) is 5.32 Å². The smallest absolute Gasteiger partial charge is 0.227 e. The van der Waals surface area contributed by atoms with Crippen molar-refractivity contribution in [3.63, 3.8) is 0 Å². The zero-order chi connectivity index (χ0) is 11.5. The first-order valence-corrected chi connectivity index (χ1v) is 5.72. The van der Waals surface area contributed by atoms with Crippen molar-refractivity contribution in [2.45, 2.75) is 51.6 Å². The van der Waals surface area contributed by atoms with Gasteiger partial charge in [0.05, 0.1) is 18.1 Å². The van der Waals surface area contributed by atoms with Crippen LogP contribution in [0.15, 0.2) is 0 Å². The van der Waals surface area contributed by atoms with Crippen LogP contribution in [0.1, 0.15) is 39.5 Å². The number of hydrogen-bond donors (Lipinski definition) is 3. The highest BCUT2D eigenvalue weighted by Crippen LogP contribution is 2.36. The standard InChI is InChI=1S/C11H22N2O2/c1-3-8(7-14)13-10(15)11(2)6-4-5-9(11)12/h8-9,14H,3-7,12H2,1-2H3,(H,13,15)/t8-,9?,11?/m0/s1. The lowest BCUT2D eigenvalue weighted by atomic mass is 9.84. The van der Waals surface area contributed by atoms with Gasteiger partial charge in [-0.15, -0.1) is 0 Å². The molecule has 1 fully saturated rings. The Morgan fingerprint density at radius 3 is 2.80 bits per heavy atom. The van der Waals surface area contributed by atoms with Gasteiger partial charge in [-0.2, -0.15) is 0 Å². The summed E-state index contributed by atoms with van der Waals surface area (Å²) in [6, 6.07) is -0.184. The number of aliphatic hydroxyl groups excluding tert-OH is 1. The molecular formula is C11H22N2O2. The van der Waals surface area contributed by atoms with Crippen molar-refractivity contribution in [1.82, 2.24) is 5.32 Å². The second kappa shape index (κ2) is 4.94. The van der Waals surface area contributed by atoms with Crippen LogP contribution in [-0.4, -0.2) is 29.7 Å². The Morgan fingerprint density at radius 1 is 1.73 bits per heavy atom. The van der Waals surface area contributed by atoms with E-state index in [0.29, 0.717) is 0 Å². The molecule has 15 heavy (non-hydrogen) atoms. The topological polar surface area (TPSA) is 75.3 Å². The Morgan fingerprint density at radius 2 is 2.40 bits per heavy atom. The number of hydrogen-bond acceptors (Lipinski definition) is 3. The van der Waals surface area contributed by atoms with E-state index in [1.165, 1.54) is 0 Å². The number of carbonyl (C=O) groups is 1. The molecule has 0 aromatic carbocycles. The lowest BCUT2D eigenvalue weighted by molar-refractivity contribution is -0.131. The third-order valence-corrected chi connectivity index (χ3v) is 3.60. The summed E-state index contributed by atoms with van der Waals surface area (Å²) in [7, 11) is 0. The molecule has 0 aromatic rings. The van der Waals surface area contributed by atoms with Crippen molar-refractivity contribution in [2.75, 3.05) is 6.61 Å². The molecule has 0 spiro atoms. The Kier molecular flexibility index (Phi) is 4.11. The summed E-state index contributed by atoms with van der Waals surface area (Å²) in [5.41, 5.74) is 5.51. The Hall–Kier alpha value is -0.610. The van der Waals surface area contributed by atoms with E-state index in [-0.39, 0.29) is 24.6 Å². The first-order valence-electron chi connectivity index (χ1n) is 5.72. The maximum absolute atomic E-state index is 12.0. The zero-order valence-corrected chi connectivity index (χ0v) is 9.62. The van der Waals surface area contributed by atoms with Gasteiger partial charge in [0, 0.05) is 6.04 Å². The molecule has 0 bridgehead atoms. The number of nitrogens with two attached hydrogens (primary N) is 1. The molecule has 88 valence electrons. The number of amides is 1. The van der Waals surface area contributed by atoms with Crippen molar-refractivity contribution >= 4 is 5.91 Å². The van der Waals surface area contributed by atoms with Crippen molar-refractivity contribution in [1.29, 1.82) is 0 Å². The van der Waals surface area contributed by atoms with E-state index in [9.17, 15) is 4.79 Å². The third kappa shape index (κ3) is 2.49. The number of nitrogens with one attached hydrogen (secondary N) is 1. The van der Waals surface area contributed by atoms with Crippen LogP contribution in [0.4, 0.5) is 0 Å².